The van der Waals surface area contributed by atoms with Gasteiger partial charge in [-0.2, -0.15) is 4.80 Å². The van der Waals surface area contributed by atoms with Gasteiger partial charge in [0.15, 0.2) is 5.60 Å². The molecule has 2 aromatic rings. The van der Waals surface area contributed by atoms with Crippen molar-refractivity contribution in [2.24, 2.45) is 13.0 Å². The van der Waals surface area contributed by atoms with Crippen molar-refractivity contribution < 1.29 is 19.0 Å². The minimum Gasteiger partial charge on any atom is -0.437 e. The van der Waals surface area contributed by atoms with Crippen LogP contribution in [0.25, 0.3) is 11.1 Å². The lowest BCUT2D eigenvalue weighted by Gasteiger charge is -2.15. The lowest BCUT2D eigenvalue weighted by Crippen LogP contribution is -2.36. The number of ether oxygens (including phenoxy) is 1. The molecule has 0 bridgehead atoms. The summed E-state index contributed by atoms with van der Waals surface area (Å²) in [6, 6.07) is 3.16. The highest BCUT2D eigenvalue weighted by Crippen LogP contribution is 2.56. The van der Waals surface area contributed by atoms with Crippen molar-refractivity contribution >= 4 is 22.9 Å². The Morgan fingerprint density at radius 1 is 1.29 bits per heavy atom. The molecule has 3 fully saturated rings. The van der Waals surface area contributed by atoms with Gasteiger partial charge in [-0.1, -0.05) is 23.8 Å². The maximum Gasteiger partial charge on any atom is 0.415 e. The van der Waals surface area contributed by atoms with Crippen molar-refractivity contribution in [1.29, 1.82) is 0 Å². The molecule has 1 saturated heterocycles. The van der Waals surface area contributed by atoms with Crippen LogP contribution in [0.1, 0.15) is 29.8 Å². The summed E-state index contributed by atoms with van der Waals surface area (Å²) in [5.74, 6) is 0.516. The van der Waals surface area contributed by atoms with Gasteiger partial charge in [-0.3, -0.25) is 4.90 Å². The number of rotatable bonds is 2. The lowest BCUT2D eigenvalue weighted by molar-refractivity contribution is 0.0750. The molecule has 3 aliphatic carbocycles. The average Bonchev–Trinajstić information content (AvgIpc) is 3.46. The van der Waals surface area contributed by atoms with E-state index in [1.807, 2.05) is 18.2 Å². The zero-order valence-electron chi connectivity index (χ0n) is 16.6. The third kappa shape index (κ3) is 2.21. The number of carbonyl (C=O) groups is 1. The highest BCUT2D eigenvalue weighted by Gasteiger charge is 2.71. The maximum absolute atomic E-state index is 15.7. The Morgan fingerprint density at radius 3 is 2.87 bits per heavy atom. The molecule has 1 N–H and O–H groups in total. The largest absolute Gasteiger partial charge is 0.437 e. The number of amides is 1. The van der Waals surface area contributed by atoms with Crippen molar-refractivity contribution in [3.8, 4) is 0 Å². The fourth-order valence-corrected chi connectivity index (χ4v) is 5.30. The van der Waals surface area contributed by atoms with E-state index in [4.69, 9.17) is 4.74 Å². The number of anilines is 1. The minimum absolute atomic E-state index is 0.242. The minimum atomic E-state index is -0.880. The van der Waals surface area contributed by atoms with Crippen LogP contribution in [0.3, 0.4) is 0 Å². The Bertz CT molecular complexity index is 1290. The van der Waals surface area contributed by atoms with E-state index in [-0.39, 0.29) is 17.8 Å². The van der Waals surface area contributed by atoms with E-state index < -0.39 is 17.8 Å². The van der Waals surface area contributed by atoms with Gasteiger partial charge >= 0.3 is 6.09 Å². The van der Waals surface area contributed by atoms with E-state index >= 15 is 4.39 Å². The predicted molar refractivity (Wildman–Crippen MR) is 107 cm³/mol. The molecule has 4 atom stereocenters. The number of carbonyl (C=O) groups excluding carboxylic acids is 1. The summed E-state index contributed by atoms with van der Waals surface area (Å²) >= 11 is 0. The van der Waals surface area contributed by atoms with Gasteiger partial charge in [0, 0.05) is 35.5 Å². The van der Waals surface area contributed by atoms with Crippen molar-refractivity contribution in [1.82, 2.24) is 20.2 Å². The Labute approximate surface area is 176 Å². The van der Waals surface area contributed by atoms with Crippen molar-refractivity contribution in [2.75, 3.05) is 4.90 Å². The summed E-state index contributed by atoms with van der Waals surface area (Å²) in [5, 5.41) is 22.4. The fourth-order valence-electron chi connectivity index (χ4n) is 5.30. The van der Waals surface area contributed by atoms with E-state index in [1.54, 1.807) is 19.2 Å². The van der Waals surface area contributed by atoms with Gasteiger partial charge in [0.2, 0.25) is 5.82 Å². The molecular weight excluding hydrogens is 401 g/mol. The van der Waals surface area contributed by atoms with Gasteiger partial charge in [0.1, 0.15) is 11.9 Å². The summed E-state index contributed by atoms with van der Waals surface area (Å²) in [5.41, 5.74) is 3.66. The molecular formula is C22H18FN5O3. The molecule has 8 nitrogen and oxygen atoms in total. The summed E-state index contributed by atoms with van der Waals surface area (Å²) in [6.07, 6.45) is 6.34. The summed E-state index contributed by atoms with van der Waals surface area (Å²) in [4.78, 5) is 15.3. The van der Waals surface area contributed by atoms with Crippen LogP contribution < -0.4 is 4.90 Å². The van der Waals surface area contributed by atoms with Crippen LogP contribution in [0.4, 0.5) is 14.9 Å². The van der Waals surface area contributed by atoms with E-state index in [9.17, 15) is 9.90 Å². The van der Waals surface area contributed by atoms with Crippen LogP contribution in [0, 0.1) is 11.7 Å². The summed E-state index contributed by atoms with van der Waals surface area (Å²) in [6.45, 7) is 0. The predicted octanol–water partition coefficient (Wildman–Crippen LogP) is 2.16. The molecule has 1 aromatic heterocycles. The zero-order chi connectivity index (χ0) is 21.1. The Kier molecular flexibility index (Phi) is 3.06. The highest BCUT2D eigenvalue weighted by atomic mass is 19.1. The quantitative estimate of drug-likeness (QED) is 0.802. The third-order valence-electron chi connectivity index (χ3n) is 7.11. The first-order valence-electron chi connectivity index (χ1n) is 10.3. The average molecular weight is 419 g/mol. The van der Waals surface area contributed by atoms with Crippen LogP contribution in [0.15, 0.2) is 35.9 Å². The van der Waals surface area contributed by atoms with Crippen molar-refractivity contribution in [3.05, 3.63) is 58.7 Å². The standard InChI is InChI=1S/C22H18FN5O3/c1-27-25-20(24-26-27)13-3-2-10(6-11-7-14(11)13)12-4-5-16-15(19(12)23)8-17-22(9-18(22)29)31-21(30)28(16)17/h2-6,14,17-18,29H,7-9H2,1H3/t14-,17+,18?,22?/m1/s1. The Morgan fingerprint density at radius 2 is 2.13 bits per heavy atom. The first-order chi connectivity index (χ1) is 15.0. The van der Waals surface area contributed by atoms with Gasteiger partial charge in [0.05, 0.1) is 18.8 Å². The van der Waals surface area contributed by atoms with Crippen LogP contribution >= 0.6 is 0 Å². The van der Waals surface area contributed by atoms with E-state index in [1.165, 1.54) is 15.3 Å². The number of allylic oxidation sites excluding steroid dienone is 6. The smallest absolute Gasteiger partial charge is 0.415 e. The molecule has 31 heavy (non-hydrogen) atoms. The molecule has 1 aromatic carbocycles. The van der Waals surface area contributed by atoms with Crippen molar-refractivity contribution in [3.63, 3.8) is 0 Å². The number of aryl methyl sites for hydroxylation is 1. The number of aliphatic hydroxyl groups excluding tert-OH is 1. The molecule has 3 heterocycles. The first kappa shape index (κ1) is 17.4. The SMILES string of the molecule is Cn1nnc(C2=CC=C(c3ccc4c(c3F)C[C@@H]3N4C(=O)OC34CC4O)C=C3C[C@H]32)n1. The number of halogens is 1. The number of aromatic nitrogens is 4. The van der Waals surface area contributed by atoms with Crippen LogP contribution in [0.2, 0.25) is 0 Å². The highest BCUT2D eigenvalue weighted by molar-refractivity contribution is 5.96. The topological polar surface area (TPSA) is 93.4 Å². The van der Waals surface area contributed by atoms with E-state index in [2.05, 4.69) is 15.4 Å². The number of nitrogens with zero attached hydrogens (tertiary/aromatic N) is 5. The van der Waals surface area contributed by atoms with Crippen molar-refractivity contribution in [2.45, 2.75) is 37.0 Å². The molecule has 1 amide bonds. The molecule has 156 valence electrons. The van der Waals surface area contributed by atoms with Crippen LogP contribution in [0.5, 0.6) is 0 Å². The van der Waals surface area contributed by atoms with Gasteiger partial charge < -0.3 is 9.84 Å². The Balaban J connectivity index is 1.29. The lowest BCUT2D eigenvalue weighted by atomic mass is 9.97. The van der Waals surface area contributed by atoms with E-state index in [0.29, 0.717) is 35.5 Å². The number of benzene rings is 1. The number of fused-ring (bicyclic) bond motifs is 5. The molecule has 1 spiro atoms. The Hall–Kier alpha value is -3.33. The number of aliphatic hydroxyl groups is 1. The number of hydrogen-bond donors (Lipinski definition) is 1. The second kappa shape index (κ2) is 5.47. The van der Waals surface area contributed by atoms with Gasteiger partial charge in [-0.15, -0.1) is 10.2 Å². The molecule has 5 aliphatic rings. The molecule has 2 saturated carbocycles. The molecule has 7 rings (SSSR count). The maximum atomic E-state index is 15.7. The third-order valence-corrected chi connectivity index (χ3v) is 7.11. The molecule has 2 unspecified atom stereocenters. The summed E-state index contributed by atoms with van der Waals surface area (Å²) < 4.78 is 21.1. The number of tetrazole rings is 1. The van der Waals surface area contributed by atoms with Gasteiger partial charge in [0.25, 0.3) is 0 Å². The van der Waals surface area contributed by atoms with Crippen LogP contribution in [-0.4, -0.2) is 49.2 Å². The second-order valence-corrected chi connectivity index (χ2v) is 8.88. The normalized spacial score (nSPS) is 32.0. The van der Waals surface area contributed by atoms with Gasteiger partial charge in [-0.05, 0) is 29.3 Å². The zero-order valence-corrected chi connectivity index (χ0v) is 16.6. The molecule has 0 radical (unpaired) electrons. The monoisotopic (exact) mass is 419 g/mol. The molecule has 2 aliphatic heterocycles. The summed E-state index contributed by atoms with van der Waals surface area (Å²) in [7, 11) is 1.73. The van der Waals surface area contributed by atoms with Gasteiger partial charge in [-0.25, -0.2) is 9.18 Å². The van der Waals surface area contributed by atoms with E-state index in [0.717, 1.165) is 17.6 Å². The number of hydrogen-bond acceptors (Lipinski definition) is 6. The van der Waals surface area contributed by atoms with Crippen LogP contribution in [-0.2, 0) is 18.2 Å². The molecule has 9 heteroatoms. The second-order valence-electron chi connectivity index (χ2n) is 8.88. The first-order valence-corrected chi connectivity index (χ1v) is 10.3. The fraction of sp³-hybridized carbons (Fsp3) is 0.364.